The second-order valence-electron chi connectivity index (χ2n) is 5.65. The van der Waals surface area contributed by atoms with Gasteiger partial charge in [-0.25, -0.2) is 14.8 Å². The van der Waals surface area contributed by atoms with E-state index in [4.69, 9.17) is 33.5 Å². The first-order valence-corrected chi connectivity index (χ1v) is 8.90. The third-order valence-electron chi connectivity index (χ3n) is 3.42. The van der Waals surface area contributed by atoms with E-state index in [9.17, 15) is 9.59 Å². The van der Waals surface area contributed by atoms with Gasteiger partial charge in [0.05, 0.1) is 0 Å². The largest absolute Gasteiger partial charge is 0.444 e. The molecule has 0 spiro atoms. The highest BCUT2D eigenvalue weighted by molar-refractivity contribution is 6.31. The standard InChI is InChI=1S/C17H21ClN8O3/c18-12-14(21)24-13(20)11(23-12)15(27)25-16(22-8-4-7-19)26-17(28)29-9-10-5-2-1-3-6-10/h1-3,5-6H,4,7-9,19H2,(H4,20,21,24)(H2,22,25,26,27,28). The number of hydrogen-bond acceptors (Lipinski definition) is 9. The minimum absolute atomic E-state index is 0.0443. The summed E-state index contributed by atoms with van der Waals surface area (Å²) in [4.78, 5) is 36.1. The zero-order chi connectivity index (χ0) is 21.2. The first kappa shape index (κ1) is 21.9. The summed E-state index contributed by atoms with van der Waals surface area (Å²) >= 11 is 5.78. The number of aliphatic imine (C=N–C) groups is 1. The van der Waals surface area contributed by atoms with Gasteiger partial charge >= 0.3 is 6.09 Å². The van der Waals surface area contributed by atoms with Gasteiger partial charge in [-0.2, -0.15) is 0 Å². The van der Waals surface area contributed by atoms with E-state index in [1.165, 1.54) is 0 Å². The third-order valence-corrected chi connectivity index (χ3v) is 3.70. The Morgan fingerprint density at radius 1 is 1.10 bits per heavy atom. The van der Waals surface area contributed by atoms with Crippen molar-refractivity contribution in [3.63, 3.8) is 0 Å². The number of nitrogens with one attached hydrogen (secondary N) is 2. The average molecular weight is 421 g/mol. The number of guanidine groups is 1. The van der Waals surface area contributed by atoms with Crippen molar-refractivity contribution in [3.05, 3.63) is 46.7 Å². The molecule has 0 bridgehead atoms. The van der Waals surface area contributed by atoms with E-state index >= 15 is 0 Å². The van der Waals surface area contributed by atoms with Crippen molar-refractivity contribution in [2.45, 2.75) is 13.0 Å². The molecule has 1 aromatic carbocycles. The van der Waals surface area contributed by atoms with Gasteiger partial charge in [0.25, 0.3) is 5.91 Å². The molecule has 0 aliphatic heterocycles. The van der Waals surface area contributed by atoms with Gasteiger partial charge in [0.15, 0.2) is 22.5 Å². The van der Waals surface area contributed by atoms with E-state index in [0.717, 1.165) is 5.56 Å². The minimum Gasteiger partial charge on any atom is -0.444 e. The molecule has 154 valence electrons. The van der Waals surface area contributed by atoms with Crippen LogP contribution >= 0.6 is 11.6 Å². The molecule has 1 aromatic heterocycles. The lowest BCUT2D eigenvalue weighted by Crippen LogP contribution is -2.44. The molecule has 2 rings (SSSR count). The average Bonchev–Trinajstić information content (AvgIpc) is 2.70. The number of aromatic nitrogens is 2. The number of benzene rings is 1. The van der Waals surface area contributed by atoms with Crippen LogP contribution < -0.4 is 27.8 Å². The van der Waals surface area contributed by atoms with E-state index in [1.54, 1.807) is 12.1 Å². The molecule has 0 saturated carbocycles. The number of nitrogen functional groups attached to an aromatic ring is 2. The number of carbonyl (C=O) groups is 2. The maximum absolute atomic E-state index is 12.4. The van der Waals surface area contributed by atoms with E-state index in [2.05, 4.69) is 25.6 Å². The molecule has 0 aliphatic rings. The molecule has 1 heterocycles. The predicted molar refractivity (Wildman–Crippen MR) is 109 cm³/mol. The van der Waals surface area contributed by atoms with Crippen LogP contribution in [0.15, 0.2) is 35.3 Å². The summed E-state index contributed by atoms with van der Waals surface area (Å²) in [6.07, 6.45) is -0.273. The molecule has 11 nitrogen and oxygen atoms in total. The second-order valence-corrected chi connectivity index (χ2v) is 6.00. The fraction of sp³-hybridized carbons (Fsp3) is 0.235. The Kier molecular flexibility index (Phi) is 8.12. The van der Waals surface area contributed by atoms with Crippen LogP contribution in [0.2, 0.25) is 5.15 Å². The molecule has 2 aromatic rings. The van der Waals surface area contributed by atoms with Gasteiger partial charge in [-0.1, -0.05) is 41.9 Å². The summed E-state index contributed by atoms with van der Waals surface area (Å²) < 4.78 is 5.11. The lowest BCUT2D eigenvalue weighted by Gasteiger charge is -2.12. The number of carbonyl (C=O) groups excluding carboxylic acids is 2. The molecule has 0 fully saturated rings. The summed E-state index contributed by atoms with van der Waals surface area (Å²) in [7, 11) is 0. The van der Waals surface area contributed by atoms with Gasteiger partial charge in [0.2, 0.25) is 5.96 Å². The zero-order valence-electron chi connectivity index (χ0n) is 15.4. The highest BCUT2D eigenvalue weighted by atomic mass is 35.5. The maximum Gasteiger partial charge on any atom is 0.414 e. The van der Waals surface area contributed by atoms with Crippen molar-refractivity contribution < 1.29 is 14.3 Å². The SMILES string of the molecule is NCCCN=C(NC(=O)OCc1ccccc1)NC(=O)c1nc(Cl)c(N)nc1N. The number of ether oxygens (including phenoxy) is 1. The van der Waals surface area contributed by atoms with E-state index in [-0.39, 0.29) is 41.6 Å². The first-order valence-electron chi connectivity index (χ1n) is 8.52. The van der Waals surface area contributed by atoms with Crippen molar-refractivity contribution in [1.29, 1.82) is 0 Å². The van der Waals surface area contributed by atoms with Crippen molar-refractivity contribution in [2.24, 2.45) is 10.7 Å². The number of amides is 2. The van der Waals surface area contributed by atoms with Crippen LogP contribution in [0, 0.1) is 0 Å². The van der Waals surface area contributed by atoms with Gasteiger partial charge in [0.1, 0.15) is 6.61 Å². The number of nitrogens with zero attached hydrogens (tertiary/aromatic N) is 3. The van der Waals surface area contributed by atoms with Crippen LogP contribution in [0.4, 0.5) is 16.4 Å². The summed E-state index contributed by atoms with van der Waals surface area (Å²) in [6, 6.07) is 9.09. The molecular formula is C17H21ClN8O3. The van der Waals surface area contributed by atoms with Crippen molar-refractivity contribution in [1.82, 2.24) is 20.6 Å². The number of alkyl carbamates (subject to hydrolysis) is 1. The number of rotatable bonds is 6. The number of halogens is 1. The van der Waals surface area contributed by atoms with Crippen LogP contribution in [0.25, 0.3) is 0 Å². The third kappa shape index (κ3) is 6.90. The minimum atomic E-state index is -0.810. The molecular weight excluding hydrogens is 400 g/mol. The van der Waals surface area contributed by atoms with Crippen LogP contribution in [-0.2, 0) is 11.3 Å². The molecule has 2 amide bonds. The highest BCUT2D eigenvalue weighted by Crippen LogP contribution is 2.17. The molecule has 12 heteroatoms. The maximum atomic E-state index is 12.4. The Morgan fingerprint density at radius 2 is 1.83 bits per heavy atom. The van der Waals surface area contributed by atoms with Crippen LogP contribution in [0.3, 0.4) is 0 Å². The van der Waals surface area contributed by atoms with E-state index in [1.807, 2.05) is 18.2 Å². The number of nitrogens with two attached hydrogens (primary N) is 3. The van der Waals surface area contributed by atoms with Crippen molar-refractivity contribution in [2.75, 3.05) is 24.6 Å². The Morgan fingerprint density at radius 3 is 2.52 bits per heavy atom. The summed E-state index contributed by atoms with van der Waals surface area (Å²) in [5.74, 6) is -1.28. The Bertz CT molecular complexity index is 892. The topological polar surface area (TPSA) is 184 Å². The molecule has 0 radical (unpaired) electrons. The molecule has 0 saturated heterocycles. The Hall–Kier alpha value is -3.44. The number of anilines is 2. The fourth-order valence-electron chi connectivity index (χ4n) is 2.02. The molecule has 0 atom stereocenters. The van der Waals surface area contributed by atoms with E-state index in [0.29, 0.717) is 13.0 Å². The predicted octanol–water partition coefficient (Wildman–Crippen LogP) is 0.655. The molecule has 0 unspecified atom stereocenters. The smallest absolute Gasteiger partial charge is 0.414 e. The summed E-state index contributed by atoms with van der Waals surface area (Å²) in [5.41, 5.74) is 17.1. The van der Waals surface area contributed by atoms with Gasteiger partial charge in [-0.15, -0.1) is 0 Å². The molecule has 29 heavy (non-hydrogen) atoms. The first-order chi connectivity index (χ1) is 13.9. The molecule has 0 aliphatic carbocycles. The molecule has 8 N–H and O–H groups in total. The summed E-state index contributed by atoms with van der Waals surface area (Å²) in [6.45, 7) is 0.687. The zero-order valence-corrected chi connectivity index (χ0v) is 16.1. The van der Waals surface area contributed by atoms with Gasteiger partial charge in [-0.3, -0.25) is 20.4 Å². The van der Waals surface area contributed by atoms with Crippen LogP contribution in [0.5, 0.6) is 0 Å². The number of hydrogen-bond donors (Lipinski definition) is 5. The van der Waals surface area contributed by atoms with Crippen molar-refractivity contribution in [3.8, 4) is 0 Å². The van der Waals surface area contributed by atoms with Crippen molar-refractivity contribution >= 4 is 41.2 Å². The Labute approximate surface area is 171 Å². The van der Waals surface area contributed by atoms with E-state index < -0.39 is 12.0 Å². The van der Waals surface area contributed by atoms with Gasteiger partial charge < -0.3 is 21.9 Å². The highest BCUT2D eigenvalue weighted by Gasteiger charge is 2.19. The van der Waals surface area contributed by atoms with Crippen LogP contribution in [0.1, 0.15) is 22.5 Å². The van der Waals surface area contributed by atoms with Gasteiger partial charge in [0, 0.05) is 6.54 Å². The monoisotopic (exact) mass is 420 g/mol. The Balaban J connectivity index is 2.05. The van der Waals surface area contributed by atoms with Crippen LogP contribution in [-0.4, -0.2) is 41.0 Å². The summed E-state index contributed by atoms with van der Waals surface area (Å²) in [5, 5.41) is 4.57. The lowest BCUT2D eigenvalue weighted by atomic mass is 10.2. The quantitative estimate of drug-likeness (QED) is 0.256. The lowest BCUT2D eigenvalue weighted by molar-refractivity contribution is 0.0971. The van der Waals surface area contributed by atoms with Gasteiger partial charge in [-0.05, 0) is 18.5 Å². The fourth-order valence-corrected chi connectivity index (χ4v) is 2.15. The second kappa shape index (κ2) is 10.8. The normalized spacial score (nSPS) is 11.0.